The first-order chi connectivity index (χ1) is 10.6. The van der Waals surface area contributed by atoms with Crippen LogP contribution in [0.2, 0.25) is 0 Å². The molecule has 0 unspecified atom stereocenters. The molecule has 0 saturated carbocycles. The molecule has 1 N–H and O–H groups in total. The molecule has 0 spiro atoms. The lowest BCUT2D eigenvalue weighted by Gasteiger charge is -2.14. The molecule has 0 radical (unpaired) electrons. The van der Waals surface area contributed by atoms with Gasteiger partial charge in [0.25, 0.3) is 5.91 Å². The van der Waals surface area contributed by atoms with E-state index in [1.807, 2.05) is 6.92 Å². The molecule has 1 amide bonds. The predicted octanol–water partition coefficient (Wildman–Crippen LogP) is 3.66. The summed E-state index contributed by atoms with van der Waals surface area (Å²) in [5, 5.41) is 2.58. The number of hydrogen-bond acceptors (Lipinski definition) is 3. The van der Waals surface area contributed by atoms with E-state index in [2.05, 4.69) is 5.32 Å². The molecule has 4 nitrogen and oxygen atoms in total. The van der Waals surface area contributed by atoms with Crippen molar-refractivity contribution in [3.8, 4) is 11.5 Å². The van der Waals surface area contributed by atoms with Gasteiger partial charge in [-0.2, -0.15) is 0 Å². The number of para-hydroxylation sites is 1. The Morgan fingerprint density at radius 2 is 1.77 bits per heavy atom. The monoisotopic (exact) mass is 303 g/mol. The molecule has 0 aliphatic carbocycles. The van der Waals surface area contributed by atoms with E-state index in [-0.39, 0.29) is 11.6 Å². The van der Waals surface area contributed by atoms with Gasteiger partial charge in [-0.15, -0.1) is 0 Å². The van der Waals surface area contributed by atoms with Gasteiger partial charge in [0.05, 0.1) is 19.9 Å². The van der Waals surface area contributed by atoms with Gasteiger partial charge >= 0.3 is 0 Å². The second-order valence-electron chi connectivity index (χ2n) is 4.65. The Labute approximate surface area is 128 Å². The Morgan fingerprint density at radius 1 is 1.14 bits per heavy atom. The molecule has 22 heavy (non-hydrogen) atoms. The van der Waals surface area contributed by atoms with Crippen molar-refractivity contribution in [3.05, 3.63) is 53.3 Å². The fourth-order valence-corrected chi connectivity index (χ4v) is 2.18. The van der Waals surface area contributed by atoms with Crippen LogP contribution in [0.3, 0.4) is 0 Å². The number of anilines is 1. The average Bonchev–Trinajstić information content (AvgIpc) is 2.55. The van der Waals surface area contributed by atoms with Crippen LogP contribution < -0.4 is 14.8 Å². The lowest BCUT2D eigenvalue weighted by atomic mass is 10.0. The van der Waals surface area contributed by atoms with Gasteiger partial charge in [-0.1, -0.05) is 19.1 Å². The molecule has 0 heterocycles. The predicted molar refractivity (Wildman–Crippen MR) is 83.3 cm³/mol. The van der Waals surface area contributed by atoms with Crippen molar-refractivity contribution in [2.24, 2.45) is 0 Å². The molecule has 2 aromatic carbocycles. The molecule has 0 atom stereocenters. The lowest BCUT2D eigenvalue weighted by Crippen LogP contribution is -2.15. The Hall–Kier alpha value is -2.56. The minimum atomic E-state index is -0.477. The summed E-state index contributed by atoms with van der Waals surface area (Å²) in [5.41, 5.74) is 1.37. The second-order valence-corrected chi connectivity index (χ2v) is 4.65. The maximum absolute atomic E-state index is 13.7. The fraction of sp³-hybridized carbons (Fsp3) is 0.235. The number of halogens is 1. The molecule has 2 rings (SSSR count). The normalized spacial score (nSPS) is 10.2. The molecule has 0 aliphatic heterocycles. The van der Waals surface area contributed by atoms with Crippen molar-refractivity contribution >= 4 is 11.6 Å². The molecule has 5 heteroatoms. The summed E-state index contributed by atoms with van der Waals surface area (Å²) in [6.07, 6.45) is 0.639. The number of ether oxygens (including phenoxy) is 2. The topological polar surface area (TPSA) is 47.6 Å². The van der Waals surface area contributed by atoms with Gasteiger partial charge in [0.1, 0.15) is 5.82 Å². The van der Waals surface area contributed by atoms with E-state index < -0.39 is 5.82 Å². The summed E-state index contributed by atoms with van der Waals surface area (Å²) in [7, 11) is 3.04. The first-order valence-corrected chi connectivity index (χ1v) is 6.91. The quantitative estimate of drug-likeness (QED) is 0.917. The van der Waals surface area contributed by atoms with E-state index in [4.69, 9.17) is 9.47 Å². The third kappa shape index (κ3) is 3.19. The highest BCUT2D eigenvalue weighted by atomic mass is 19.1. The average molecular weight is 303 g/mol. The molecular formula is C17H18FNO3. The summed E-state index contributed by atoms with van der Waals surface area (Å²) in [4.78, 5) is 12.4. The van der Waals surface area contributed by atoms with Gasteiger partial charge in [-0.3, -0.25) is 4.79 Å². The number of nitrogens with one attached hydrogen (secondary N) is 1. The number of carbonyl (C=O) groups excluding carboxylic acids is 1. The Morgan fingerprint density at radius 3 is 2.36 bits per heavy atom. The molecular weight excluding hydrogens is 285 g/mol. The van der Waals surface area contributed by atoms with Gasteiger partial charge in [-0.05, 0) is 36.2 Å². The van der Waals surface area contributed by atoms with Crippen molar-refractivity contribution in [2.75, 3.05) is 19.5 Å². The SMILES string of the molecule is CCc1cc(OC)c(OC)cc1C(=O)Nc1ccccc1F. The van der Waals surface area contributed by atoms with Crippen LogP contribution in [0, 0.1) is 5.82 Å². The zero-order chi connectivity index (χ0) is 16.1. The fourth-order valence-electron chi connectivity index (χ4n) is 2.18. The first-order valence-electron chi connectivity index (χ1n) is 6.91. The molecule has 0 saturated heterocycles. The number of hydrogen-bond donors (Lipinski definition) is 1. The maximum Gasteiger partial charge on any atom is 0.256 e. The van der Waals surface area contributed by atoms with Gasteiger partial charge < -0.3 is 14.8 Å². The van der Waals surface area contributed by atoms with Crippen molar-refractivity contribution < 1.29 is 18.7 Å². The highest BCUT2D eigenvalue weighted by molar-refractivity contribution is 6.05. The first kappa shape index (κ1) is 15.8. The highest BCUT2D eigenvalue weighted by Gasteiger charge is 2.17. The summed E-state index contributed by atoms with van der Waals surface area (Å²) in [5.74, 6) is 0.150. The van der Waals surface area contributed by atoms with Crippen LogP contribution in [0.15, 0.2) is 36.4 Å². The van der Waals surface area contributed by atoms with Gasteiger partial charge in [0.15, 0.2) is 11.5 Å². The van der Waals surface area contributed by atoms with E-state index in [1.54, 1.807) is 24.3 Å². The minimum Gasteiger partial charge on any atom is -0.493 e. The van der Waals surface area contributed by atoms with E-state index in [9.17, 15) is 9.18 Å². The van der Waals surface area contributed by atoms with Crippen molar-refractivity contribution in [3.63, 3.8) is 0 Å². The summed E-state index contributed by atoms with van der Waals surface area (Å²) >= 11 is 0. The van der Waals surface area contributed by atoms with Crippen LogP contribution in [0.5, 0.6) is 11.5 Å². The number of rotatable bonds is 5. The van der Waals surface area contributed by atoms with Crippen molar-refractivity contribution in [2.45, 2.75) is 13.3 Å². The number of benzene rings is 2. The summed E-state index contributed by atoms with van der Waals surface area (Å²) in [6, 6.07) is 9.40. The van der Waals surface area contributed by atoms with Crippen molar-refractivity contribution in [1.82, 2.24) is 0 Å². The highest BCUT2D eigenvalue weighted by Crippen LogP contribution is 2.31. The Kier molecular flexibility index (Phi) is 4.99. The third-order valence-electron chi connectivity index (χ3n) is 3.36. The number of methoxy groups -OCH3 is 2. The number of carbonyl (C=O) groups is 1. The summed E-state index contributed by atoms with van der Waals surface area (Å²) < 4.78 is 24.1. The Bertz CT molecular complexity index is 686. The Balaban J connectivity index is 2.38. The maximum atomic E-state index is 13.7. The minimum absolute atomic E-state index is 0.143. The zero-order valence-corrected chi connectivity index (χ0v) is 12.8. The number of amides is 1. The van der Waals surface area contributed by atoms with E-state index in [1.165, 1.54) is 26.4 Å². The van der Waals surface area contributed by atoms with Crippen LogP contribution in [0.1, 0.15) is 22.8 Å². The van der Waals surface area contributed by atoms with E-state index >= 15 is 0 Å². The molecule has 0 bridgehead atoms. The number of aryl methyl sites for hydroxylation is 1. The molecule has 0 aromatic heterocycles. The smallest absolute Gasteiger partial charge is 0.256 e. The standard InChI is InChI=1S/C17H18FNO3/c1-4-11-9-15(21-2)16(22-3)10-12(11)17(20)19-14-8-6-5-7-13(14)18/h5-10H,4H2,1-3H3,(H,19,20). The van der Waals surface area contributed by atoms with Gasteiger partial charge in [0, 0.05) is 5.56 Å². The molecule has 0 aliphatic rings. The third-order valence-corrected chi connectivity index (χ3v) is 3.36. The van der Waals surface area contributed by atoms with E-state index in [0.717, 1.165) is 5.56 Å². The van der Waals surface area contributed by atoms with Crippen LogP contribution >= 0.6 is 0 Å². The second kappa shape index (κ2) is 6.93. The lowest BCUT2D eigenvalue weighted by molar-refractivity contribution is 0.102. The van der Waals surface area contributed by atoms with Crippen LogP contribution in [0.4, 0.5) is 10.1 Å². The van der Waals surface area contributed by atoms with Crippen LogP contribution in [0.25, 0.3) is 0 Å². The molecule has 116 valence electrons. The largest absolute Gasteiger partial charge is 0.493 e. The van der Waals surface area contributed by atoms with E-state index in [0.29, 0.717) is 23.5 Å². The van der Waals surface area contributed by atoms with Crippen molar-refractivity contribution in [1.29, 1.82) is 0 Å². The summed E-state index contributed by atoms with van der Waals surface area (Å²) in [6.45, 7) is 1.93. The molecule has 2 aromatic rings. The molecule has 0 fully saturated rings. The van der Waals surface area contributed by atoms with Crippen LogP contribution in [-0.2, 0) is 6.42 Å². The van der Waals surface area contributed by atoms with Crippen LogP contribution in [-0.4, -0.2) is 20.1 Å². The van der Waals surface area contributed by atoms with Gasteiger partial charge in [-0.25, -0.2) is 4.39 Å². The van der Waals surface area contributed by atoms with Gasteiger partial charge in [0.2, 0.25) is 0 Å². The zero-order valence-electron chi connectivity index (χ0n) is 12.8.